The van der Waals surface area contributed by atoms with Crippen molar-refractivity contribution in [1.82, 2.24) is 4.31 Å². The normalized spacial score (nSPS) is 26.0. The largest absolute Gasteiger partial charge is 0.375 e. The molecule has 1 saturated heterocycles. The molecule has 1 aliphatic rings. The Labute approximate surface area is 85.3 Å². The Kier molecular flexibility index (Phi) is 4.31. The monoisotopic (exact) mass is 222 g/mol. The van der Waals surface area contributed by atoms with Crippen LogP contribution in [0, 0.1) is 0 Å². The molecule has 1 heterocycles. The summed E-state index contributed by atoms with van der Waals surface area (Å²) in [5, 5.41) is 0. The highest BCUT2D eigenvalue weighted by Crippen LogP contribution is 2.10. The highest BCUT2D eigenvalue weighted by molar-refractivity contribution is 7.89. The summed E-state index contributed by atoms with van der Waals surface area (Å²) in [4.78, 5) is 0. The second kappa shape index (κ2) is 5.06. The van der Waals surface area contributed by atoms with E-state index in [4.69, 9.17) is 10.5 Å². The van der Waals surface area contributed by atoms with E-state index >= 15 is 0 Å². The average Bonchev–Trinajstić information content (AvgIpc) is 2.43. The van der Waals surface area contributed by atoms with Crippen molar-refractivity contribution in [3.05, 3.63) is 0 Å². The van der Waals surface area contributed by atoms with Crippen LogP contribution in [0.4, 0.5) is 0 Å². The van der Waals surface area contributed by atoms with Gasteiger partial charge in [-0.05, 0) is 13.3 Å². The highest BCUT2D eigenvalue weighted by Gasteiger charge is 2.25. The van der Waals surface area contributed by atoms with Crippen molar-refractivity contribution < 1.29 is 13.2 Å². The van der Waals surface area contributed by atoms with Crippen LogP contribution in [0.25, 0.3) is 0 Å². The van der Waals surface area contributed by atoms with E-state index < -0.39 is 10.0 Å². The third-order valence-electron chi connectivity index (χ3n) is 2.33. The number of nitrogens with zero attached hydrogens (tertiary/aromatic N) is 1. The van der Waals surface area contributed by atoms with E-state index in [1.165, 1.54) is 4.31 Å². The molecule has 0 radical (unpaired) electrons. The fourth-order valence-electron chi connectivity index (χ4n) is 1.44. The van der Waals surface area contributed by atoms with Gasteiger partial charge in [0.25, 0.3) is 0 Å². The lowest BCUT2D eigenvalue weighted by atomic mass is 10.3. The van der Waals surface area contributed by atoms with Crippen molar-refractivity contribution in [2.75, 3.05) is 32.0 Å². The van der Waals surface area contributed by atoms with Gasteiger partial charge in [-0.3, -0.25) is 0 Å². The molecule has 1 aliphatic heterocycles. The molecule has 0 saturated carbocycles. The van der Waals surface area contributed by atoms with E-state index in [9.17, 15) is 8.42 Å². The third-order valence-corrected chi connectivity index (χ3v) is 4.18. The molecule has 2 N–H and O–H groups in total. The number of sulfonamides is 1. The fourth-order valence-corrected chi connectivity index (χ4v) is 2.61. The first-order chi connectivity index (χ1) is 6.60. The summed E-state index contributed by atoms with van der Waals surface area (Å²) >= 11 is 0. The second-order valence-electron chi connectivity index (χ2n) is 3.34. The minimum absolute atomic E-state index is 0.143. The molecule has 1 fully saturated rings. The zero-order valence-electron chi connectivity index (χ0n) is 8.48. The fraction of sp³-hybridized carbons (Fsp3) is 1.00. The van der Waals surface area contributed by atoms with Crippen LogP contribution in [0.1, 0.15) is 13.3 Å². The molecular formula is C8H18N2O3S. The van der Waals surface area contributed by atoms with Gasteiger partial charge < -0.3 is 10.5 Å². The molecule has 0 aromatic rings. The molecule has 6 heteroatoms. The predicted octanol–water partition coefficient (Wildman–Crippen LogP) is -0.614. The molecule has 0 amide bonds. The number of nitrogens with two attached hydrogens (primary N) is 1. The van der Waals surface area contributed by atoms with Gasteiger partial charge in [0.1, 0.15) is 0 Å². The van der Waals surface area contributed by atoms with Gasteiger partial charge in [-0.1, -0.05) is 0 Å². The van der Waals surface area contributed by atoms with Crippen LogP contribution < -0.4 is 5.73 Å². The van der Waals surface area contributed by atoms with Crippen LogP contribution in [-0.2, 0) is 14.8 Å². The van der Waals surface area contributed by atoms with Crippen molar-refractivity contribution in [2.45, 2.75) is 19.4 Å². The lowest BCUT2D eigenvalue weighted by Crippen LogP contribution is -2.40. The summed E-state index contributed by atoms with van der Waals surface area (Å²) in [6, 6.07) is 0. The summed E-state index contributed by atoms with van der Waals surface area (Å²) in [7, 11) is -3.09. The Morgan fingerprint density at radius 2 is 2.29 bits per heavy atom. The van der Waals surface area contributed by atoms with E-state index in [1.807, 2.05) is 0 Å². The zero-order chi connectivity index (χ0) is 10.6. The van der Waals surface area contributed by atoms with Gasteiger partial charge in [0.15, 0.2) is 0 Å². The van der Waals surface area contributed by atoms with Gasteiger partial charge >= 0.3 is 0 Å². The van der Waals surface area contributed by atoms with Crippen LogP contribution in [0.15, 0.2) is 0 Å². The smallest absolute Gasteiger partial charge is 0.213 e. The Balaban J connectivity index is 2.68. The minimum atomic E-state index is -3.09. The standard InChI is InChI=1S/C8H18N2O3S/c1-2-14(11,12)10-4-3-5-13-8(6-9)7-10/h8H,2-7,9H2,1H3. The molecule has 5 nitrogen and oxygen atoms in total. The maximum Gasteiger partial charge on any atom is 0.213 e. The van der Waals surface area contributed by atoms with Crippen LogP contribution >= 0.6 is 0 Å². The number of ether oxygens (including phenoxy) is 1. The summed E-state index contributed by atoms with van der Waals surface area (Å²) < 4.78 is 30.1. The summed E-state index contributed by atoms with van der Waals surface area (Å²) in [6.45, 7) is 3.56. The molecule has 0 aliphatic carbocycles. The van der Waals surface area contributed by atoms with Gasteiger partial charge in [0.2, 0.25) is 10.0 Å². The number of hydrogen-bond donors (Lipinski definition) is 1. The molecule has 84 valence electrons. The Hall–Kier alpha value is -0.170. The van der Waals surface area contributed by atoms with Gasteiger partial charge in [-0.2, -0.15) is 4.31 Å². The van der Waals surface area contributed by atoms with Gasteiger partial charge in [0.05, 0.1) is 11.9 Å². The molecule has 1 unspecified atom stereocenters. The molecule has 0 aromatic heterocycles. The predicted molar refractivity (Wildman–Crippen MR) is 54.4 cm³/mol. The van der Waals surface area contributed by atoms with E-state index in [1.54, 1.807) is 6.92 Å². The molecule has 1 atom stereocenters. The van der Waals surface area contributed by atoms with Crippen LogP contribution in [0.5, 0.6) is 0 Å². The van der Waals surface area contributed by atoms with E-state index in [-0.39, 0.29) is 11.9 Å². The van der Waals surface area contributed by atoms with Gasteiger partial charge in [-0.25, -0.2) is 8.42 Å². The lowest BCUT2D eigenvalue weighted by molar-refractivity contribution is 0.0679. The van der Waals surface area contributed by atoms with Crippen LogP contribution in [0.2, 0.25) is 0 Å². The molecular weight excluding hydrogens is 204 g/mol. The highest BCUT2D eigenvalue weighted by atomic mass is 32.2. The van der Waals surface area contributed by atoms with Crippen molar-refractivity contribution in [2.24, 2.45) is 5.73 Å². The number of hydrogen-bond acceptors (Lipinski definition) is 4. The number of rotatable bonds is 3. The quantitative estimate of drug-likeness (QED) is 0.691. The first-order valence-corrected chi connectivity index (χ1v) is 6.50. The summed E-state index contributed by atoms with van der Waals surface area (Å²) in [6.07, 6.45) is 0.592. The second-order valence-corrected chi connectivity index (χ2v) is 5.60. The van der Waals surface area contributed by atoms with Gasteiger partial charge in [-0.15, -0.1) is 0 Å². The molecule has 1 rings (SSSR count). The van der Waals surface area contributed by atoms with E-state index in [0.29, 0.717) is 26.2 Å². The van der Waals surface area contributed by atoms with E-state index in [0.717, 1.165) is 6.42 Å². The lowest BCUT2D eigenvalue weighted by Gasteiger charge is -2.21. The topological polar surface area (TPSA) is 72.6 Å². The molecule has 0 bridgehead atoms. The Morgan fingerprint density at radius 3 is 2.86 bits per heavy atom. The molecule has 14 heavy (non-hydrogen) atoms. The SMILES string of the molecule is CCS(=O)(=O)N1CCCOC(CN)C1. The van der Waals surface area contributed by atoms with Crippen LogP contribution in [0.3, 0.4) is 0 Å². The van der Waals surface area contributed by atoms with Crippen molar-refractivity contribution >= 4 is 10.0 Å². The van der Waals surface area contributed by atoms with E-state index in [2.05, 4.69) is 0 Å². The Bertz CT molecular complexity index is 266. The van der Waals surface area contributed by atoms with Crippen LogP contribution in [-0.4, -0.2) is 50.8 Å². The maximum atomic E-state index is 11.6. The molecule has 0 aromatic carbocycles. The first kappa shape index (κ1) is 11.9. The Morgan fingerprint density at radius 1 is 1.57 bits per heavy atom. The summed E-state index contributed by atoms with van der Waals surface area (Å²) in [5.74, 6) is 0.143. The van der Waals surface area contributed by atoms with Crippen molar-refractivity contribution in [3.8, 4) is 0 Å². The average molecular weight is 222 g/mol. The van der Waals surface area contributed by atoms with Gasteiger partial charge in [0, 0.05) is 26.2 Å². The van der Waals surface area contributed by atoms with Crippen molar-refractivity contribution in [3.63, 3.8) is 0 Å². The third kappa shape index (κ3) is 2.91. The maximum absolute atomic E-state index is 11.6. The first-order valence-electron chi connectivity index (χ1n) is 4.89. The molecule has 0 spiro atoms. The minimum Gasteiger partial charge on any atom is -0.375 e. The zero-order valence-corrected chi connectivity index (χ0v) is 9.29. The summed E-state index contributed by atoms with van der Waals surface area (Å²) in [5.41, 5.74) is 5.47. The van der Waals surface area contributed by atoms with Crippen molar-refractivity contribution in [1.29, 1.82) is 0 Å².